The van der Waals surface area contributed by atoms with Gasteiger partial charge < -0.3 is 16.0 Å². The summed E-state index contributed by atoms with van der Waals surface area (Å²) in [4.78, 5) is 13.0. The van der Waals surface area contributed by atoms with Gasteiger partial charge in [0.05, 0.1) is 0 Å². The van der Waals surface area contributed by atoms with Crippen molar-refractivity contribution in [3.05, 3.63) is 77.4 Å². The Bertz CT molecular complexity index is 1090. The number of aryl methyl sites for hydroxylation is 2. The topological polar surface area (TPSA) is 53.2 Å². The number of anilines is 1. The minimum absolute atomic E-state index is 0.219. The Labute approximate surface area is 195 Å². The van der Waals surface area contributed by atoms with Gasteiger partial charge in [-0.1, -0.05) is 88.9 Å². The van der Waals surface area contributed by atoms with Crippen LogP contribution in [0.5, 0.6) is 0 Å². The molecule has 0 saturated carbocycles. The van der Waals surface area contributed by atoms with Crippen LogP contribution < -0.4 is 16.0 Å². The van der Waals surface area contributed by atoms with Crippen LogP contribution in [-0.2, 0) is 0 Å². The second-order valence-electron chi connectivity index (χ2n) is 6.89. The van der Waals surface area contributed by atoms with Crippen LogP contribution in [0.15, 0.2) is 60.7 Å². The van der Waals surface area contributed by atoms with Gasteiger partial charge in [0.15, 0.2) is 5.11 Å². The fraction of sp³-hybridized carbons (Fsp3) is 0.182. The smallest absolute Gasteiger partial charge is 0.253 e. The molecule has 0 bridgehead atoms. The first kappa shape index (κ1) is 22.6. The van der Waals surface area contributed by atoms with Crippen LogP contribution in [0.4, 0.5) is 5.69 Å². The van der Waals surface area contributed by atoms with Crippen molar-refractivity contribution in [3.63, 3.8) is 0 Å². The Hall–Kier alpha value is -2.05. The third kappa shape index (κ3) is 5.55. The van der Waals surface area contributed by atoms with E-state index in [9.17, 15) is 4.79 Å². The van der Waals surface area contributed by atoms with Gasteiger partial charge in [0, 0.05) is 11.3 Å². The van der Waals surface area contributed by atoms with Crippen LogP contribution in [0.3, 0.4) is 0 Å². The number of rotatable bonds is 4. The lowest BCUT2D eigenvalue weighted by Crippen LogP contribution is -2.56. The number of benzene rings is 3. The fourth-order valence-corrected chi connectivity index (χ4v) is 3.63. The van der Waals surface area contributed by atoms with Crippen molar-refractivity contribution in [2.24, 2.45) is 0 Å². The second-order valence-corrected chi connectivity index (χ2v) is 9.67. The molecule has 0 fully saturated rings. The second kappa shape index (κ2) is 9.40. The van der Waals surface area contributed by atoms with E-state index in [-0.39, 0.29) is 11.0 Å². The molecule has 3 aromatic carbocycles. The van der Waals surface area contributed by atoms with E-state index < -0.39 is 9.96 Å². The molecule has 30 heavy (non-hydrogen) atoms. The average Bonchev–Trinajstić information content (AvgIpc) is 2.68. The summed E-state index contributed by atoms with van der Waals surface area (Å²) < 4.78 is -1.84. The van der Waals surface area contributed by atoms with Gasteiger partial charge in [-0.05, 0) is 54.5 Å². The summed E-state index contributed by atoms with van der Waals surface area (Å²) in [7, 11) is 0. The van der Waals surface area contributed by atoms with E-state index in [1.807, 2.05) is 62.4 Å². The number of amides is 1. The van der Waals surface area contributed by atoms with Crippen molar-refractivity contribution in [2.75, 3.05) is 5.32 Å². The molecule has 0 aliphatic rings. The molecular weight excluding hydrogens is 461 g/mol. The van der Waals surface area contributed by atoms with Crippen LogP contribution >= 0.6 is 47.0 Å². The Kier molecular flexibility index (Phi) is 7.09. The number of halogens is 3. The van der Waals surface area contributed by atoms with Crippen molar-refractivity contribution >= 4 is 74.5 Å². The summed E-state index contributed by atoms with van der Waals surface area (Å²) in [5.74, 6) is -0.384. The number of hydrogen-bond acceptors (Lipinski definition) is 2. The highest BCUT2D eigenvalue weighted by molar-refractivity contribution is 7.80. The lowest BCUT2D eigenvalue weighted by Gasteiger charge is -2.28. The molecule has 0 aliphatic carbocycles. The molecule has 0 radical (unpaired) electrons. The van der Waals surface area contributed by atoms with Crippen molar-refractivity contribution in [3.8, 4) is 0 Å². The van der Waals surface area contributed by atoms with E-state index in [0.717, 1.165) is 27.6 Å². The fourth-order valence-electron chi connectivity index (χ4n) is 3.08. The molecule has 8 heteroatoms. The summed E-state index contributed by atoms with van der Waals surface area (Å²) in [6.45, 7) is 3.97. The van der Waals surface area contributed by atoms with Crippen LogP contribution in [0.25, 0.3) is 10.8 Å². The Morgan fingerprint density at radius 3 is 2.37 bits per heavy atom. The molecule has 3 rings (SSSR count). The maximum atomic E-state index is 13.0. The van der Waals surface area contributed by atoms with Gasteiger partial charge in [-0.25, -0.2) is 0 Å². The first-order chi connectivity index (χ1) is 14.1. The molecule has 4 nitrogen and oxygen atoms in total. The molecule has 0 spiro atoms. The number of fused-ring (bicyclic) bond motifs is 1. The largest absolute Gasteiger partial charge is 0.339 e. The van der Waals surface area contributed by atoms with Gasteiger partial charge in [-0.2, -0.15) is 0 Å². The van der Waals surface area contributed by atoms with Crippen molar-refractivity contribution in [2.45, 2.75) is 23.8 Å². The Morgan fingerprint density at radius 1 is 0.967 bits per heavy atom. The highest BCUT2D eigenvalue weighted by Crippen LogP contribution is 2.30. The van der Waals surface area contributed by atoms with Crippen molar-refractivity contribution in [1.29, 1.82) is 0 Å². The predicted molar refractivity (Wildman–Crippen MR) is 131 cm³/mol. The number of nitrogens with one attached hydrogen (secondary N) is 3. The third-order valence-electron chi connectivity index (χ3n) is 4.54. The highest BCUT2D eigenvalue weighted by Gasteiger charge is 2.35. The zero-order valence-electron chi connectivity index (χ0n) is 16.3. The molecule has 3 aromatic rings. The molecular formula is C22H20Cl3N3OS. The first-order valence-corrected chi connectivity index (χ1v) is 10.7. The molecule has 0 aromatic heterocycles. The lowest BCUT2D eigenvalue weighted by atomic mass is 10.0. The molecule has 0 unspecified atom stereocenters. The van der Waals surface area contributed by atoms with E-state index >= 15 is 0 Å². The maximum absolute atomic E-state index is 13.0. The molecule has 3 N–H and O–H groups in total. The first-order valence-electron chi connectivity index (χ1n) is 9.15. The van der Waals surface area contributed by atoms with Crippen molar-refractivity contribution < 1.29 is 4.79 Å². The minimum Gasteiger partial charge on any atom is -0.339 e. The van der Waals surface area contributed by atoms with Crippen LogP contribution in [0.1, 0.15) is 21.5 Å². The highest BCUT2D eigenvalue weighted by atomic mass is 35.6. The standard InChI is InChI=1S/C22H20Cl3N3OS/c1-13-10-11-18(14(2)12-13)26-21(30)28-20(22(23,24)25)27-19(29)17-9-5-7-15-6-3-4-8-16(15)17/h3-12,20H,1-2H3,(H,27,29)(H2,26,28,30)/t20-/m0/s1. The molecule has 0 heterocycles. The Balaban J connectivity index is 1.77. The lowest BCUT2D eigenvalue weighted by molar-refractivity contribution is 0.0936. The third-order valence-corrected chi connectivity index (χ3v) is 5.42. The normalized spacial score (nSPS) is 12.3. The van der Waals surface area contributed by atoms with Crippen LogP contribution in [-0.4, -0.2) is 21.0 Å². The van der Waals surface area contributed by atoms with Gasteiger partial charge in [0.25, 0.3) is 5.91 Å². The SMILES string of the molecule is Cc1ccc(NC(=S)N[C@H](NC(=O)c2cccc3ccccc23)C(Cl)(Cl)Cl)c(C)c1. The van der Waals surface area contributed by atoms with E-state index in [1.165, 1.54) is 0 Å². The number of thiocarbonyl (C=S) groups is 1. The zero-order valence-corrected chi connectivity index (χ0v) is 19.4. The van der Waals surface area contributed by atoms with Crippen LogP contribution in [0.2, 0.25) is 0 Å². The number of carbonyl (C=O) groups excluding carboxylic acids is 1. The molecule has 1 atom stereocenters. The monoisotopic (exact) mass is 479 g/mol. The maximum Gasteiger partial charge on any atom is 0.253 e. The Morgan fingerprint density at radius 2 is 1.67 bits per heavy atom. The summed E-state index contributed by atoms with van der Waals surface area (Å²) >= 11 is 23.7. The molecule has 0 saturated heterocycles. The molecule has 1 amide bonds. The number of hydrogen-bond donors (Lipinski definition) is 3. The van der Waals surface area contributed by atoms with Gasteiger partial charge >= 0.3 is 0 Å². The summed E-state index contributed by atoms with van der Waals surface area (Å²) in [6.07, 6.45) is -1.06. The molecule has 0 aliphatic heterocycles. The minimum atomic E-state index is -1.84. The van der Waals surface area contributed by atoms with Gasteiger partial charge in [0.1, 0.15) is 6.17 Å². The van der Waals surface area contributed by atoms with Crippen molar-refractivity contribution in [1.82, 2.24) is 10.6 Å². The van der Waals surface area contributed by atoms with Gasteiger partial charge in [0.2, 0.25) is 3.79 Å². The average molecular weight is 481 g/mol. The van der Waals surface area contributed by atoms with Gasteiger partial charge in [-0.3, -0.25) is 4.79 Å². The predicted octanol–water partition coefficient (Wildman–Crippen LogP) is 5.87. The van der Waals surface area contributed by atoms with E-state index in [4.69, 9.17) is 47.0 Å². The van der Waals surface area contributed by atoms with E-state index in [2.05, 4.69) is 16.0 Å². The quantitative estimate of drug-likeness (QED) is 0.248. The zero-order chi connectivity index (χ0) is 21.9. The summed E-state index contributed by atoms with van der Waals surface area (Å²) in [6, 6.07) is 18.9. The number of alkyl halides is 3. The number of carbonyl (C=O) groups is 1. The van der Waals surface area contributed by atoms with E-state index in [1.54, 1.807) is 12.1 Å². The molecule has 156 valence electrons. The summed E-state index contributed by atoms with van der Waals surface area (Å²) in [5, 5.41) is 10.7. The van der Waals surface area contributed by atoms with Crippen LogP contribution in [0, 0.1) is 13.8 Å². The van der Waals surface area contributed by atoms with Gasteiger partial charge in [-0.15, -0.1) is 0 Å². The summed E-state index contributed by atoms with van der Waals surface area (Å²) in [5.41, 5.74) is 3.45. The van der Waals surface area contributed by atoms with E-state index in [0.29, 0.717) is 5.56 Å².